The van der Waals surface area contributed by atoms with Crippen LogP contribution in [0.2, 0.25) is 0 Å². The predicted octanol–water partition coefficient (Wildman–Crippen LogP) is 5.15. The van der Waals surface area contributed by atoms with Crippen molar-refractivity contribution in [1.82, 2.24) is 25.1 Å². The lowest BCUT2D eigenvalue weighted by molar-refractivity contribution is -0.140. The lowest BCUT2D eigenvalue weighted by Crippen LogP contribution is -2.52. The molecule has 1 saturated heterocycles. The molecule has 2 aromatic heterocycles. The first-order valence-corrected chi connectivity index (χ1v) is 20.8. The molecule has 0 bridgehead atoms. The van der Waals surface area contributed by atoms with Crippen molar-refractivity contribution in [1.29, 1.82) is 0 Å². The Kier molecular flexibility index (Phi) is 10.0. The quantitative estimate of drug-likeness (QED) is 0.177. The molecular formula is C41H44FN5O9S. The van der Waals surface area contributed by atoms with Crippen molar-refractivity contribution in [2.75, 3.05) is 13.7 Å². The summed E-state index contributed by atoms with van der Waals surface area (Å²) in [5.41, 5.74) is -0.841. The van der Waals surface area contributed by atoms with E-state index in [1.54, 1.807) is 31.2 Å². The van der Waals surface area contributed by atoms with Gasteiger partial charge in [-0.1, -0.05) is 30.2 Å². The Labute approximate surface area is 328 Å². The molecule has 3 amide bonds. The van der Waals surface area contributed by atoms with E-state index in [0.29, 0.717) is 53.1 Å². The highest BCUT2D eigenvalue weighted by atomic mass is 32.2. The van der Waals surface area contributed by atoms with E-state index < -0.39 is 67.7 Å². The summed E-state index contributed by atoms with van der Waals surface area (Å²) < 4.78 is 59.3. The molecule has 0 spiro atoms. The number of benzene rings is 2. The molecule has 16 heteroatoms. The van der Waals surface area contributed by atoms with Crippen LogP contribution in [0.15, 0.2) is 65.3 Å². The highest BCUT2D eigenvalue weighted by Gasteiger charge is 2.62. The Morgan fingerprint density at radius 3 is 2.60 bits per heavy atom. The van der Waals surface area contributed by atoms with E-state index in [1.165, 1.54) is 36.4 Å². The van der Waals surface area contributed by atoms with E-state index in [-0.39, 0.29) is 49.8 Å². The number of Topliss-reactive ketones (excluding diaryl/α,β-unsaturated/α-hetero) is 1. The smallest absolute Gasteiger partial charge is 0.290 e. The maximum absolute atomic E-state index is 14.6. The third kappa shape index (κ3) is 7.46. The van der Waals surface area contributed by atoms with E-state index in [1.807, 2.05) is 12.2 Å². The average molecular weight is 802 g/mol. The summed E-state index contributed by atoms with van der Waals surface area (Å²) in [6, 6.07) is 8.75. The fraction of sp³-hybridized carbons (Fsp3) is 0.463. The van der Waals surface area contributed by atoms with Gasteiger partial charge in [0.25, 0.3) is 5.91 Å². The Morgan fingerprint density at radius 2 is 1.84 bits per heavy atom. The van der Waals surface area contributed by atoms with Crippen LogP contribution in [0.1, 0.15) is 81.7 Å². The molecule has 5 atom stereocenters. The van der Waals surface area contributed by atoms with Gasteiger partial charge in [-0.15, -0.1) is 0 Å². The van der Waals surface area contributed by atoms with Gasteiger partial charge in [-0.2, -0.15) is 0 Å². The second kappa shape index (κ2) is 14.8. The average Bonchev–Trinajstić information content (AvgIpc) is 3.93. The Bertz CT molecular complexity index is 2400. The Balaban J connectivity index is 1.14. The molecule has 8 rings (SSSR count). The number of sulfonamides is 1. The van der Waals surface area contributed by atoms with E-state index >= 15 is 0 Å². The van der Waals surface area contributed by atoms with E-state index in [9.17, 15) is 32.0 Å². The van der Waals surface area contributed by atoms with Crippen molar-refractivity contribution in [3.8, 4) is 11.6 Å². The molecule has 14 nitrogen and oxygen atoms in total. The van der Waals surface area contributed by atoms with Crippen LogP contribution in [0, 0.1) is 17.2 Å². The molecule has 2 aliphatic carbocycles. The van der Waals surface area contributed by atoms with Crippen molar-refractivity contribution in [2.24, 2.45) is 11.3 Å². The maximum Gasteiger partial charge on any atom is 0.290 e. The molecule has 300 valence electrons. The number of ketones is 1. The van der Waals surface area contributed by atoms with Crippen molar-refractivity contribution >= 4 is 55.2 Å². The van der Waals surface area contributed by atoms with Crippen LogP contribution in [-0.2, 0) is 24.4 Å². The molecule has 2 aliphatic heterocycles. The highest BCUT2D eigenvalue weighted by molar-refractivity contribution is 7.91. The number of pyridine rings is 1. The summed E-state index contributed by atoms with van der Waals surface area (Å²) in [6.07, 6.45) is 8.30. The zero-order valence-electron chi connectivity index (χ0n) is 31.7. The van der Waals surface area contributed by atoms with E-state index in [0.717, 1.165) is 12.8 Å². The summed E-state index contributed by atoms with van der Waals surface area (Å²) in [5.74, 6) is -2.53. The molecular weight excluding hydrogens is 758 g/mol. The Morgan fingerprint density at radius 1 is 1.04 bits per heavy atom. The third-order valence-electron chi connectivity index (χ3n) is 12.0. The van der Waals surface area contributed by atoms with Crippen molar-refractivity contribution in [3.05, 3.63) is 72.4 Å². The number of hydrogen-bond acceptors (Lipinski definition) is 11. The molecule has 2 N–H and O–H groups in total. The van der Waals surface area contributed by atoms with Crippen LogP contribution in [0.4, 0.5) is 4.39 Å². The number of hydrogen-bond donors (Lipinski definition) is 2. The largest absolute Gasteiger partial charge is 0.497 e. The summed E-state index contributed by atoms with van der Waals surface area (Å²) in [7, 11) is -2.47. The number of halogens is 1. The molecule has 0 radical (unpaired) electrons. The van der Waals surface area contributed by atoms with Crippen molar-refractivity contribution in [2.45, 2.75) is 94.1 Å². The van der Waals surface area contributed by atoms with Crippen molar-refractivity contribution in [3.63, 3.8) is 0 Å². The number of ether oxygens (including phenoxy) is 2. The predicted molar refractivity (Wildman–Crippen MR) is 205 cm³/mol. The van der Waals surface area contributed by atoms with Gasteiger partial charge in [-0.05, 0) is 87.1 Å². The maximum atomic E-state index is 14.6. The lowest BCUT2D eigenvalue weighted by Gasteiger charge is -2.29. The second-order valence-electron chi connectivity index (χ2n) is 15.9. The molecule has 2 saturated carbocycles. The first-order valence-electron chi connectivity index (χ1n) is 19.3. The van der Waals surface area contributed by atoms with Crippen LogP contribution in [0.3, 0.4) is 0 Å². The van der Waals surface area contributed by atoms with Gasteiger partial charge in [0.2, 0.25) is 33.5 Å². The first-order chi connectivity index (χ1) is 27.3. The number of nitrogens with zero attached hydrogens (tertiary/aromatic N) is 3. The molecule has 0 unspecified atom stereocenters. The van der Waals surface area contributed by atoms with Gasteiger partial charge in [0.1, 0.15) is 23.7 Å². The van der Waals surface area contributed by atoms with Gasteiger partial charge in [0.15, 0.2) is 5.78 Å². The van der Waals surface area contributed by atoms with Crippen LogP contribution in [0.5, 0.6) is 11.6 Å². The molecule has 4 aliphatic rings. The SMILES string of the molecule is COc1ccc2c(c1)nc(O[C@@H]1C[C@H]3C(=O)C[C@]4(C(=O)NS(=O)(=O)C5(C)CC5)C[C@H]4/C=C\CCCCC[C@H](NC(=O)c4ccno4)C(=O)N3C1)c1ccc(F)cc12. The zero-order chi connectivity index (χ0) is 40.1. The van der Waals surface area contributed by atoms with Crippen LogP contribution < -0.4 is 19.5 Å². The van der Waals surface area contributed by atoms with Gasteiger partial charge in [-0.25, -0.2) is 17.8 Å². The van der Waals surface area contributed by atoms with Crippen LogP contribution in [0.25, 0.3) is 21.7 Å². The van der Waals surface area contributed by atoms with E-state index in [4.69, 9.17) is 19.0 Å². The normalized spacial score (nSPS) is 26.8. The zero-order valence-corrected chi connectivity index (χ0v) is 32.5. The fourth-order valence-electron chi connectivity index (χ4n) is 8.15. The molecule has 3 fully saturated rings. The van der Waals surface area contributed by atoms with Gasteiger partial charge >= 0.3 is 0 Å². The number of methoxy groups -OCH3 is 1. The Hall–Kier alpha value is -5.38. The highest BCUT2D eigenvalue weighted by Crippen LogP contribution is 2.57. The van der Waals surface area contributed by atoms with Gasteiger partial charge < -0.3 is 24.2 Å². The standard InChI is InChI=1S/C41H44FN5O9S/c1-40(15-16-40)57(52,53)46-39(51)41-21-24(41)8-6-4-3-5-7-9-31(44-36(49)35-14-17-43-56-35)38(50)47-23-27(20-33(47)34(48)22-41)55-37-29-12-10-25(42)18-30(29)28-13-11-26(54-2)19-32(28)45-37/h6,8,10-14,17-19,24,27,31,33H,3-5,7,9,15-16,20-23H2,1-2H3,(H,44,49)(H,46,51)/b8-6-/t24-,27-,31+,33+,41-/m1/s1. The lowest BCUT2D eigenvalue weighted by atomic mass is 9.91. The topological polar surface area (TPSA) is 187 Å². The minimum atomic E-state index is -3.99. The number of fused-ring (bicyclic) bond motifs is 5. The summed E-state index contributed by atoms with van der Waals surface area (Å²) in [4.78, 5) is 62.6. The number of nitrogens with one attached hydrogen (secondary N) is 2. The van der Waals surface area contributed by atoms with E-state index in [2.05, 4.69) is 15.2 Å². The third-order valence-corrected chi connectivity index (χ3v) is 14.2. The van der Waals surface area contributed by atoms with Gasteiger partial charge in [-0.3, -0.25) is 23.9 Å². The summed E-state index contributed by atoms with van der Waals surface area (Å²) >= 11 is 0. The number of carbonyl (C=O) groups excluding carboxylic acids is 4. The van der Waals surface area contributed by atoms with Crippen molar-refractivity contribution < 1.29 is 46.0 Å². The minimum absolute atomic E-state index is 0.0163. The number of carbonyl (C=O) groups is 4. The number of aromatic nitrogens is 2. The van der Waals surface area contributed by atoms with Gasteiger partial charge in [0, 0.05) is 35.7 Å². The van der Waals surface area contributed by atoms with Crippen LogP contribution in [-0.4, -0.2) is 83.6 Å². The fourth-order valence-corrected chi connectivity index (χ4v) is 9.49. The number of amides is 3. The first kappa shape index (κ1) is 38.5. The second-order valence-corrected chi connectivity index (χ2v) is 18.1. The number of allylic oxidation sites excluding steroid dienone is 2. The number of rotatable bonds is 8. The van der Waals surface area contributed by atoms with Crippen LogP contribution >= 0.6 is 0 Å². The molecule has 4 aromatic rings. The molecule has 4 heterocycles. The summed E-state index contributed by atoms with van der Waals surface area (Å²) in [5, 5.41) is 8.12. The summed E-state index contributed by atoms with van der Waals surface area (Å²) in [6.45, 7) is 1.52. The molecule has 2 aromatic carbocycles. The van der Waals surface area contributed by atoms with Gasteiger partial charge in [0.05, 0.1) is 41.6 Å². The molecule has 57 heavy (non-hydrogen) atoms. The minimum Gasteiger partial charge on any atom is -0.497 e. The monoisotopic (exact) mass is 801 g/mol.